The van der Waals surface area contributed by atoms with E-state index in [-0.39, 0.29) is 11.7 Å². The molecule has 0 amide bonds. The maximum absolute atomic E-state index is 12.8. The van der Waals surface area contributed by atoms with Gasteiger partial charge in [-0.15, -0.1) is 0 Å². The molecule has 0 aliphatic heterocycles. The molecule has 0 heterocycles. The zero-order chi connectivity index (χ0) is 9.56. The third-order valence-electron chi connectivity index (χ3n) is 1.39. The highest BCUT2D eigenvalue weighted by atomic mass is 19.1. The quantitative estimate of drug-likeness (QED) is 0.397. The van der Waals surface area contributed by atoms with E-state index in [1.807, 2.05) is 0 Å². The Hall–Kier alpha value is -1.12. The second-order valence-corrected chi connectivity index (χ2v) is 2.70. The predicted molar refractivity (Wildman–Crippen MR) is 47.2 cm³/mol. The summed E-state index contributed by atoms with van der Waals surface area (Å²) in [6.45, 7) is 3.50. The summed E-state index contributed by atoms with van der Waals surface area (Å²) >= 11 is 0. The van der Waals surface area contributed by atoms with E-state index in [0.29, 0.717) is 12.0 Å². The van der Waals surface area contributed by atoms with Crippen molar-refractivity contribution < 1.29 is 9.18 Å². The van der Waals surface area contributed by atoms with Crippen LogP contribution in [-0.2, 0) is 4.79 Å². The normalized spacial score (nSPS) is 13.4. The number of carbonyl (C=O) groups is 1. The lowest BCUT2D eigenvalue weighted by atomic mass is 10.2. The Kier molecular flexibility index (Phi) is 5.00. The maximum Gasteiger partial charge on any atom is 0.165 e. The van der Waals surface area contributed by atoms with E-state index < -0.39 is 0 Å². The highest BCUT2D eigenvalue weighted by Crippen LogP contribution is 2.10. The number of hydrogen-bond donors (Lipinski definition) is 1. The van der Waals surface area contributed by atoms with Crippen LogP contribution in [-0.4, -0.2) is 13.3 Å². The fourth-order valence-electron chi connectivity index (χ4n) is 0.543. The van der Waals surface area contributed by atoms with E-state index in [1.54, 1.807) is 20.9 Å². The summed E-state index contributed by atoms with van der Waals surface area (Å²) in [6, 6.07) is 0. The Balaban J connectivity index is 4.34. The molecular formula is C9H14FNO. The summed E-state index contributed by atoms with van der Waals surface area (Å²) < 4.78 is 12.8. The van der Waals surface area contributed by atoms with Crippen molar-refractivity contribution in [2.75, 3.05) is 7.05 Å². The molecule has 3 heteroatoms. The van der Waals surface area contributed by atoms with Gasteiger partial charge in [0.1, 0.15) is 5.83 Å². The summed E-state index contributed by atoms with van der Waals surface area (Å²) in [4.78, 5) is 10.2. The number of nitrogens with one attached hydrogen (secondary N) is 1. The summed E-state index contributed by atoms with van der Waals surface area (Å²) in [5.74, 6) is -0.365. The van der Waals surface area contributed by atoms with Gasteiger partial charge in [0, 0.05) is 13.0 Å². The molecule has 0 atom stereocenters. The largest absolute Gasteiger partial charge is 0.385 e. The van der Waals surface area contributed by atoms with Crippen LogP contribution in [0.2, 0.25) is 0 Å². The smallest absolute Gasteiger partial charge is 0.165 e. The van der Waals surface area contributed by atoms with Gasteiger partial charge < -0.3 is 5.32 Å². The van der Waals surface area contributed by atoms with E-state index in [9.17, 15) is 9.18 Å². The molecule has 68 valence electrons. The predicted octanol–water partition coefficient (Wildman–Crippen LogP) is 1.80. The molecule has 12 heavy (non-hydrogen) atoms. The molecule has 2 nitrogen and oxygen atoms in total. The lowest BCUT2D eigenvalue weighted by Gasteiger charge is -1.98. The lowest BCUT2D eigenvalue weighted by molar-refractivity contribution is -0.105. The molecule has 0 aromatic carbocycles. The van der Waals surface area contributed by atoms with Gasteiger partial charge in [0.25, 0.3) is 0 Å². The minimum atomic E-state index is -0.232. The molecule has 0 radical (unpaired) electrons. The van der Waals surface area contributed by atoms with E-state index in [0.717, 1.165) is 0 Å². The molecule has 0 saturated heterocycles. The average Bonchev–Trinajstić information content (AvgIpc) is 2.05. The van der Waals surface area contributed by atoms with Crippen molar-refractivity contribution in [1.82, 2.24) is 5.32 Å². The zero-order valence-corrected chi connectivity index (χ0v) is 7.60. The number of carbonyl (C=O) groups excluding carboxylic acids is 1. The second-order valence-electron chi connectivity index (χ2n) is 2.70. The molecule has 0 fully saturated rings. The van der Waals surface area contributed by atoms with E-state index in [2.05, 4.69) is 5.32 Å². The van der Waals surface area contributed by atoms with Gasteiger partial charge in [-0.2, -0.15) is 0 Å². The number of likely N-dealkylation sites (N-methyl/N-ethyl adjacent to an activating group) is 1. The summed E-state index contributed by atoms with van der Waals surface area (Å²) in [5.41, 5.74) is 0.366. The van der Waals surface area contributed by atoms with Crippen LogP contribution in [0.1, 0.15) is 13.8 Å². The highest BCUT2D eigenvalue weighted by Gasteiger charge is 1.98. The van der Waals surface area contributed by atoms with E-state index >= 15 is 0 Å². The first-order valence-electron chi connectivity index (χ1n) is 3.82. The van der Waals surface area contributed by atoms with E-state index in [4.69, 9.17) is 0 Å². The Morgan fingerprint density at radius 2 is 2.00 bits per heavy atom. The van der Waals surface area contributed by atoms with Crippen LogP contribution in [0.4, 0.5) is 4.39 Å². The molecule has 0 aromatic heterocycles. The molecule has 0 spiro atoms. The Morgan fingerprint density at radius 1 is 1.42 bits per heavy atom. The standard InChI is InChI=1S/C9H14FNO/c1-7(2)9(10)5-4-8(6-12)11-3/h4-7,11H,1-3H3/b8-4-,9-5+. The van der Waals surface area contributed by atoms with Gasteiger partial charge in [0.2, 0.25) is 0 Å². The topological polar surface area (TPSA) is 29.1 Å². The zero-order valence-electron chi connectivity index (χ0n) is 7.60. The van der Waals surface area contributed by atoms with Crippen molar-refractivity contribution >= 4 is 6.29 Å². The van der Waals surface area contributed by atoms with E-state index in [1.165, 1.54) is 12.2 Å². The van der Waals surface area contributed by atoms with Crippen molar-refractivity contribution in [3.63, 3.8) is 0 Å². The number of halogens is 1. The first kappa shape index (κ1) is 10.9. The van der Waals surface area contributed by atoms with Gasteiger partial charge in [-0.25, -0.2) is 4.39 Å². The molecule has 0 bridgehead atoms. The molecule has 0 aromatic rings. The Bertz CT molecular complexity index is 207. The van der Waals surface area contributed by atoms with Gasteiger partial charge in [0.05, 0.1) is 5.70 Å². The fourth-order valence-corrected chi connectivity index (χ4v) is 0.543. The van der Waals surface area contributed by atoms with Crippen LogP contribution < -0.4 is 5.32 Å². The monoisotopic (exact) mass is 171 g/mol. The van der Waals surface area contributed by atoms with Gasteiger partial charge in [-0.3, -0.25) is 4.79 Å². The Morgan fingerprint density at radius 3 is 2.33 bits per heavy atom. The lowest BCUT2D eigenvalue weighted by Crippen LogP contribution is -2.05. The van der Waals surface area contributed by atoms with Gasteiger partial charge >= 0.3 is 0 Å². The molecular weight excluding hydrogens is 157 g/mol. The van der Waals surface area contributed by atoms with Gasteiger partial charge in [-0.1, -0.05) is 13.8 Å². The van der Waals surface area contributed by atoms with Crippen LogP contribution in [0.25, 0.3) is 0 Å². The number of allylic oxidation sites excluding steroid dienone is 4. The highest BCUT2D eigenvalue weighted by molar-refractivity contribution is 5.72. The molecule has 1 N–H and O–H groups in total. The van der Waals surface area contributed by atoms with Crippen molar-refractivity contribution in [1.29, 1.82) is 0 Å². The first-order valence-corrected chi connectivity index (χ1v) is 3.82. The SMILES string of the molecule is CN/C(C=O)=C\C=C(\F)C(C)C. The minimum absolute atomic E-state index is 0.133. The maximum atomic E-state index is 12.8. The number of aldehydes is 1. The number of rotatable bonds is 4. The van der Waals surface area contributed by atoms with Crippen LogP contribution in [0.3, 0.4) is 0 Å². The van der Waals surface area contributed by atoms with Gasteiger partial charge in [-0.05, 0) is 12.2 Å². The van der Waals surface area contributed by atoms with Crippen molar-refractivity contribution in [2.24, 2.45) is 5.92 Å². The third kappa shape index (κ3) is 3.91. The molecule has 0 rings (SSSR count). The van der Waals surface area contributed by atoms with Crippen molar-refractivity contribution in [3.05, 3.63) is 23.7 Å². The summed E-state index contributed by atoms with van der Waals surface area (Å²) in [7, 11) is 1.61. The molecule has 0 saturated carbocycles. The molecule has 0 aliphatic carbocycles. The summed E-state index contributed by atoms with van der Waals surface area (Å²) in [5, 5.41) is 2.63. The van der Waals surface area contributed by atoms with Crippen molar-refractivity contribution in [3.8, 4) is 0 Å². The molecule has 0 unspecified atom stereocenters. The van der Waals surface area contributed by atoms with Crippen LogP contribution in [0.15, 0.2) is 23.7 Å². The second kappa shape index (κ2) is 5.52. The summed E-state index contributed by atoms with van der Waals surface area (Å²) in [6.07, 6.45) is 3.36. The van der Waals surface area contributed by atoms with Gasteiger partial charge in [0.15, 0.2) is 6.29 Å². The fraction of sp³-hybridized carbons (Fsp3) is 0.444. The van der Waals surface area contributed by atoms with Crippen LogP contribution in [0.5, 0.6) is 0 Å². The van der Waals surface area contributed by atoms with Crippen molar-refractivity contribution in [2.45, 2.75) is 13.8 Å². The molecule has 0 aliphatic rings. The average molecular weight is 171 g/mol. The van der Waals surface area contributed by atoms with Crippen LogP contribution in [0, 0.1) is 5.92 Å². The third-order valence-corrected chi connectivity index (χ3v) is 1.39. The minimum Gasteiger partial charge on any atom is -0.385 e. The first-order chi connectivity index (χ1) is 5.61. The Labute approximate surface area is 72.2 Å². The van der Waals surface area contributed by atoms with Crippen LogP contribution >= 0.6 is 0 Å². The number of hydrogen-bond acceptors (Lipinski definition) is 2.